The Hall–Kier alpha value is 0.0400. The van der Waals surface area contributed by atoms with E-state index in [-0.39, 0.29) is 0 Å². The lowest BCUT2D eigenvalue weighted by molar-refractivity contribution is -0.115. The number of hydrogen-bond donors (Lipinski definition) is 1. The molecule has 0 saturated carbocycles. The number of benzene rings is 1. The summed E-state index contributed by atoms with van der Waals surface area (Å²) in [6.45, 7) is 1.94. The zero-order valence-electron chi connectivity index (χ0n) is 7.65. The van der Waals surface area contributed by atoms with Gasteiger partial charge in [-0.25, -0.2) is 0 Å². The van der Waals surface area contributed by atoms with Gasteiger partial charge in [-0.1, -0.05) is 40.9 Å². The summed E-state index contributed by atoms with van der Waals surface area (Å²) in [5.41, 5.74) is 1.63. The summed E-state index contributed by atoms with van der Waals surface area (Å²) in [6, 6.07) is 5.43. The van der Waals surface area contributed by atoms with Crippen LogP contribution < -0.4 is 5.32 Å². The molecule has 0 bridgehead atoms. The minimum absolute atomic E-state index is 0.567. The molecule has 0 aliphatic heterocycles. The SMILES string of the molecule is Cc1ccc(NC(=O)C(Cl)(Cl)Cl)c(Br)c1. The van der Waals surface area contributed by atoms with E-state index >= 15 is 0 Å². The Balaban J connectivity index is 2.87. The number of carbonyl (C=O) groups excluding carboxylic acids is 1. The van der Waals surface area contributed by atoms with Crippen LogP contribution in [-0.2, 0) is 4.79 Å². The molecule has 0 aromatic heterocycles. The minimum Gasteiger partial charge on any atom is -0.321 e. The van der Waals surface area contributed by atoms with Crippen LogP contribution in [0.25, 0.3) is 0 Å². The van der Waals surface area contributed by atoms with Crippen LogP contribution in [0.1, 0.15) is 5.56 Å². The molecule has 15 heavy (non-hydrogen) atoms. The smallest absolute Gasteiger partial charge is 0.276 e. The van der Waals surface area contributed by atoms with Crippen LogP contribution >= 0.6 is 50.7 Å². The molecule has 1 amide bonds. The maximum absolute atomic E-state index is 11.3. The molecule has 82 valence electrons. The van der Waals surface area contributed by atoms with Gasteiger partial charge in [0, 0.05) is 4.47 Å². The van der Waals surface area contributed by atoms with Crippen molar-refractivity contribution in [3.8, 4) is 0 Å². The summed E-state index contributed by atoms with van der Waals surface area (Å²) < 4.78 is -1.21. The molecule has 6 heteroatoms. The van der Waals surface area contributed by atoms with Crippen LogP contribution in [-0.4, -0.2) is 9.70 Å². The predicted molar refractivity (Wildman–Crippen MR) is 67.8 cm³/mol. The highest BCUT2D eigenvalue weighted by molar-refractivity contribution is 9.10. The normalized spacial score (nSPS) is 11.3. The first-order valence-electron chi connectivity index (χ1n) is 3.95. The number of halogens is 4. The lowest BCUT2D eigenvalue weighted by atomic mass is 10.2. The van der Waals surface area contributed by atoms with Crippen LogP contribution in [0.15, 0.2) is 22.7 Å². The van der Waals surface area contributed by atoms with E-state index in [1.165, 1.54) is 0 Å². The number of alkyl halides is 3. The Bertz CT molecular complexity index is 389. The molecule has 0 fully saturated rings. The summed E-state index contributed by atoms with van der Waals surface area (Å²) in [5, 5.41) is 2.50. The number of amides is 1. The highest BCUT2D eigenvalue weighted by Gasteiger charge is 2.30. The highest BCUT2D eigenvalue weighted by Crippen LogP contribution is 2.30. The van der Waals surface area contributed by atoms with E-state index in [9.17, 15) is 4.79 Å². The molecule has 0 aliphatic rings. The molecule has 0 aliphatic carbocycles. The first-order chi connectivity index (χ1) is 6.80. The molecule has 1 rings (SSSR count). The minimum atomic E-state index is -1.95. The molecule has 0 atom stereocenters. The van der Waals surface area contributed by atoms with Gasteiger partial charge in [-0.3, -0.25) is 4.79 Å². The second-order valence-electron chi connectivity index (χ2n) is 2.94. The van der Waals surface area contributed by atoms with Crippen LogP contribution in [0.4, 0.5) is 5.69 Å². The maximum atomic E-state index is 11.3. The van der Waals surface area contributed by atoms with Gasteiger partial charge in [0.2, 0.25) is 0 Å². The molecule has 1 aromatic rings. The van der Waals surface area contributed by atoms with E-state index in [1.54, 1.807) is 6.07 Å². The fraction of sp³-hybridized carbons (Fsp3) is 0.222. The molecule has 1 aromatic carbocycles. The fourth-order valence-corrected chi connectivity index (χ4v) is 1.65. The largest absolute Gasteiger partial charge is 0.321 e. The van der Waals surface area contributed by atoms with Crippen molar-refractivity contribution in [2.24, 2.45) is 0 Å². The van der Waals surface area contributed by atoms with Crippen LogP contribution in [0.2, 0.25) is 0 Å². The van der Waals surface area contributed by atoms with Gasteiger partial charge in [0.1, 0.15) is 0 Å². The molecule has 0 heterocycles. The van der Waals surface area contributed by atoms with Crippen molar-refractivity contribution >= 4 is 62.3 Å². The summed E-state index contributed by atoms with van der Waals surface area (Å²) in [6.07, 6.45) is 0. The standard InChI is InChI=1S/C9H7BrCl3NO/c1-5-2-3-7(6(10)4-5)14-8(15)9(11,12)13/h2-4H,1H3,(H,14,15). The van der Waals surface area contributed by atoms with E-state index in [0.29, 0.717) is 5.69 Å². The summed E-state index contributed by atoms with van der Waals surface area (Å²) in [5.74, 6) is -0.683. The topological polar surface area (TPSA) is 29.1 Å². The van der Waals surface area contributed by atoms with Crippen molar-refractivity contribution in [3.05, 3.63) is 28.2 Å². The number of nitrogens with one attached hydrogen (secondary N) is 1. The predicted octanol–water partition coefficient (Wildman–Crippen LogP) is 4.07. The van der Waals surface area contributed by atoms with Crippen LogP contribution in [0, 0.1) is 6.92 Å². The van der Waals surface area contributed by atoms with E-state index < -0.39 is 9.70 Å². The van der Waals surface area contributed by atoms with Crippen molar-refractivity contribution < 1.29 is 4.79 Å². The van der Waals surface area contributed by atoms with Gasteiger partial charge in [-0.2, -0.15) is 0 Å². The third kappa shape index (κ3) is 3.83. The van der Waals surface area contributed by atoms with E-state index in [2.05, 4.69) is 21.2 Å². The molecule has 0 saturated heterocycles. The highest BCUT2D eigenvalue weighted by atomic mass is 79.9. The Morgan fingerprint density at radius 1 is 1.40 bits per heavy atom. The maximum Gasteiger partial charge on any atom is 0.276 e. The van der Waals surface area contributed by atoms with E-state index in [4.69, 9.17) is 34.8 Å². The molecular formula is C9H7BrCl3NO. The lowest BCUT2D eigenvalue weighted by Crippen LogP contribution is -2.27. The molecular weight excluding hydrogens is 324 g/mol. The average molecular weight is 331 g/mol. The van der Waals surface area contributed by atoms with Gasteiger partial charge >= 0.3 is 0 Å². The second-order valence-corrected chi connectivity index (χ2v) is 6.07. The van der Waals surface area contributed by atoms with Crippen LogP contribution in [0.5, 0.6) is 0 Å². The number of anilines is 1. The van der Waals surface area contributed by atoms with Gasteiger partial charge in [-0.05, 0) is 40.5 Å². The molecule has 2 nitrogen and oxygen atoms in total. The van der Waals surface area contributed by atoms with Crippen molar-refractivity contribution in [2.45, 2.75) is 10.7 Å². The average Bonchev–Trinajstić information content (AvgIpc) is 2.08. The lowest BCUT2D eigenvalue weighted by Gasteiger charge is -2.12. The number of hydrogen-bond acceptors (Lipinski definition) is 1. The number of aryl methyl sites for hydroxylation is 1. The Kier molecular flexibility index (Phi) is 4.29. The monoisotopic (exact) mass is 329 g/mol. The summed E-state index contributed by atoms with van der Waals surface area (Å²) in [7, 11) is 0. The molecule has 0 spiro atoms. The third-order valence-corrected chi connectivity index (χ3v) is 2.80. The zero-order chi connectivity index (χ0) is 11.6. The van der Waals surface area contributed by atoms with Crippen molar-refractivity contribution in [1.82, 2.24) is 0 Å². The van der Waals surface area contributed by atoms with Gasteiger partial charge in [0.25, 0.3) is 9.70 Å². The quantitative estimate of drug-likeness (QED) is 0.772. The van der Waals surface area contributed by atoms with Gasteiger partial charge in [-0.15, -0.1) is 0 Å². The molecule has 1 N–H and O–H groups in total. The Morgan fingerprint density at radius 2 is 2.00 bits per heavy atom. The fourth-order valence-electron chi connectivity index (χ4n) is 0.915. The first-order valence-corrected chi connectivity index (χ1v) is 5.87. The van der Waals surface area contributed by atoms with Gasteiger partial charge in [0.05, 0.1) is 5.69 Å². The zero-order valence-corrected chi connectivity index (χ0v) is 11.5. The molecule has 0 radical (unpaired) electrons. The number of carbonyl (C=O) groups is 1. The van der Waals surface area contributed by atoms with Crippen molar-refractivity contribution in [3.63, 3.8) is 0 Å². The van der Waals surface area contributed by atoms with Gasteiger partial charge < -0.3 is 5.32 Å². The van der Waals surface area contributed by atoms with E-state index in [0.717, 1.165) is 10.0 Å². The van der Waals surface area contributed by atoms with Gasteiger partial charge in [0.15, 0.2) is 0 Å². The molecule has 0 unspecified atom stereocenters. The second kappa shape index (κ2) is 4.91. The first kappa shape index (κ1) is 13.1. The summed E-state index contributed by atoms with van der Waals surface area (Å²) >= 11 is 19.6. The van der Waals surface area contributed by atoms with Crippen LogP contribution in [0.3, 0.4) is 0 Å². The number of rotatable bonds is 1. The Labute approximate surface area is 111 Å². The summed E-state index contributed by atoms with van der Waals surface area (Å²) in [4.78, 5) is 11.3. The Morgan fingerprint density at radius 3 is 2.47 bits per heavy atom. The van der Waals surface area contributed by atoms with Crippen molar-refractivity contribution in [1.29, 1.82) is 0 Å². The van der Waals surface area contributed by atoms with Crippen molar-refractivity contribution in [2.75, 3.05) is 5.32 Å². The van der Waals surface area contributed by atoms with E-state index in [1.807, 2.05) is 19.1 Å². The third-order valence-electron chi connectivity index (χ3n) is 1.63.